The van der Waals surface area contributed by atoms with Gasteiger partial charge in [0.25, 0.3) is 23.2 Å². The minimum atomic E-state index is -0.920. The quantitative estimate of drug-likeness (QED) is 0.242. The number of carbonyl (C=O) groups is 2. The molecule has 0 aromatic heterocycles. The van der Waals surface area contributed by atoms with Crippen molar-refractivity contribution >= 4 is 63.5 Å². The molecule has 14 heteroatoms. The Labute approximate surface area is 206 Å². The third-order valence-electron chi connectivity index (χ3n) is 4.37. The molecule has 0 unspecified atom stereocenters. The second-order valence-electron chi connectivity index (χ2n) is 6.82. The maximum atomic E-state index is 13.3. The highest BCUT2D eigenvalue weighted by Gasteiger charge is 2.20. The summed E-state index contributed by atoms with van der Waals surface area (Å²) in [5.41, 5.74) is -0.840. The van der Waals surface area contributed by atoms with Gasteiger partial charge in [0.1, 0.15) is 5.82 Å². The molecule has 0 bridgehead atoms. The molecule has 0 aliphatic heterocycles. The van der Waals surface area contributed by atoms with Crippen LogP contribution in [0.25, 0.3) is 0 Å². The molecule has 0 saturated heterocycles. The van der Waals surface area contributed by atoms with E-state index in [0.717, 1.165) is 24.3 Å². The Morgan fingerprint density at radius 1 is 0.829 bits per heavy atom. The van der Waals surface area contributed by atoms with E-state index < -0.39 is 38.9 Å². The lowest BCUT2D eigenvalue weighted by Crippen LogP contribution is -2.34. The molecule has 0 radical (unpaired) electrons. The molecule has 35 heavy (non-hydrogen) atoms. The number of benzene rings is 3. The lowest BCUT2D eigenvalue weighted by atomic mass is 10.1. The summed E-state index contributed by atoms with van der Waals surface area (Å²) in [5, 5.41) is 29.1. The van der Waals surface area contributed by atoms with Gasteiger partial charge in [-0.05, 0) is 48.6 Å². The summed E-state index contributed by atoms with van der Waals surface area (Å²) in [4.78, 5) is 45.2. The molecule has 0 heterocycles. The van der Waals surface area contributed by atoms with Crippen LogP contribution in [0.5, 0.6) is 0 Å². The van der Waals surface area contributed by atoms with Crippen LogP contribution in [0.3, 0.4) is 0 Å². The zero-order valence-corrected chi connectivity index (χ0v) is 18.9. The molecule has 11 nitrogen and oxygen atoms in total. The van der Waals surface area contributed by atoms with E-state index in [0.29, 0.717) is 5.69 Å². The van der Waals surface area contributed by atoms with Crippen LogP contribution < -0.4 is 16.0 Å². The van der Waals surface area contributed by atoms with E-state index in [1.54, 1.807) is 6.07 Å². The number of nitrogens with one attached hydrogen (secondary N) is 3. The van der Waals surface area contributed by atoms with Crippen molar-refractivity contribution in [3.63, 3.8) is 0 Å². The highest BCUT2D eigenvalue weighted by Crippen LogP contribution is 2.23. The topological polar surface area (TPSA) is 157 Å². The van der Waals surface area contributed by atoms with Crippen LogP contribution in [-0.2, 0) is 0 Å². The molecule has 0 aliphatic rings. The van der Waals surface area contributed by atoms with Crippen molar-refractivity contribution in [2.75, 3.05) is 10.6 Å². The van der Waals surface area contributed by atoms with Gasteiger partial charge >= 0.3 is 0 Å². The predicted octanol–water partition coefficient (Wildman–Crippen LogP) is 4.67. The van der Waals surface area contributed by atoms with E-state index in [-0.39, 0.29) is 26.9 Å². The minimum Gasteiger partial charge on any atom is -0.332 e. The van der Waals surface area contributed by atoms with Crippen molar-refractivity contribution in [1.82, 2.24) is 5.32 Å². The Balaban J connectivity index is 1.69. The molecule has 178 valence electrons. The number of hydrogen-bond donors (Lipinski definition) is 3. The molecule has 3 aromatic carbocycles. The van der Waals surface area contributed by atoms with Gasteiger partial charge in [0, 0.05) is 29.1 Å². The number of hydrogen-bond acceptors (Lipinski definition) is 7. The number of nitro groups is 2. The lowest BCUT2D eigenvalue weighted by molar-refractivity contribution is -0.394. The zero-order chi connectivity index (χ0) is 25.7. The van der Waals surface area contributed by atoms with E-state index >= 15 is 0 Å². The first-order valence-electron chi connectivity index (χ1n) is 9.46. The number of rotatable bonds is 6. The van der Waals surface area contributed by atoms with Crippen molar-refractivity contribution in [2.24, 2.45) is 0 Å². The van der Waals surface area contributed by atoms with E-state index in [2.05, 4.69) is 16.0 Å². The number of thiocarbonyl (C=S) groups is 1. The molecule has 0 atom stereocenters. The van der Waals surface area contributed by atoms with Crippen LogP contribution in [0.2, 0.25) is 5.02 Å². The van der Waals surface area contributed by atoms with Gasteiger partial charge < -0.3 is 10.6 Å². The van der Waals surface area contributed by atoms with Crippen LogP contribution in [0.1, 0.15) is 20.7 Å². The molecule has 3 rings (SSSR count). The fourth-order valence-electron chi connectivity index (χ4n) is 2.79. The molecular formula is C21H13ClFN5O6S. The molecule has 2 amide bonds. The van der Waals surface area contributed by atoms with Crippen LogP contribution in [0.4, 0.5) is 27.1 Å². The van der Waals surface area contributed by atoms with Crippen molar-refractivity contribution in [2.45, 2.75) is 0 Å². The minimum absolute atomic E-state index is 0.159. The Bertz CT molecular complexity index is 1350. The summed E-state index contributed by atoms with van der Waals surface area (Å²) in [6.07, 6.45) is 0. The second-order valence-corrected chi connectivity index (χ2v) is 7.64. The highest BCUT2D eigenvalue weighted by atomic mass is 35.5. The number of nitro benzene ring substituents is 2. The summed E-state index contributed by atoms with van der Waals surface area (Å²) in [6, 6.07) is 12.1. The van der Waals surface area contributed by atoms with Crippen LogP contribution >= 0.6 is 23.8 Å². The van der Waals surface area contributed by atoms with E-state index in [4.69, 9.17) is 23.8 Å². The summed E-state index contributed by atoms with van der Waals surface area (Å²) in [5.74, 6) is -2.09. The van der Waals surface area contributed by atoms with Gasteiger partial charge in [-0.2, -0.15) is 0 Å². The Kier molecular flexibility index (Phi) is 7.63. The average molecular weight is 518 g/mol. The molecule has 0 spiro atoms. The summed E-state index contributed by atoms with van der Waals surface area (Å²) in [6.45, 7) is 0. The Hall–Kier alpha value is -4.49. The molecular weight excluding hydrogens is 505 g/mol. The van der Waals surface area contributed by atoms with Gasteiger partial charge in [-0.15, -0.1) is 0 Å². The first-order chi connectivity index (χ1) is 16.5. The van der Waals surface area contributed by atoms with Crippen LogP contribution in [-0.4, -0.2) is 26.8 Å². The van der Waals surface area contributed by atoms with E-state index in [9.17, 15) is 34.2 Å². The van der Waals surface area contributed by atoms with Gasteiger partial charge in [0.2, 0.25) is 0 Å². The standard InChI is InChI=1S/C21H13ClFN5O6S/c22-17-9-14(4-5-18(17)23)24-19(29)11-2-1-3-13(6-11)25-21(35)26-20(30)12-7-15(27(31)32)10-16(8-12)28(33)34/h1-10H,(H,24,29)(H2,25,26,30,35). The molecule has 0 saturated carbocycles. The predicted molar refractivity (Wildman–Crippen MR) is 129 cm³/mol. The number of anilines is 2. The number of amides is 2. The van der Waals surface area contributed by atoms with Crippen molar-refractivity contribution in [3.05, 3.63) is 103 Å². The fraction of sp³-hybridized carbons (Fsp3) is 0. The van der Waals surface area contributed by atoms with Crippen molar-refractivity contribution in [3.8, 4) is 0 Å². The number of nitrogens with zero attached hydrogens (tertiary/aromatic N) is 2. The monoisotopic (exact) mass is 517 g/mol. The molecule has 3 aromatic rings. The van der Waals surface area contributed by atoms with Gasteiger partial charge in [0.15, 0.2) is 5.11 Å². The zero-order valence-electron chi connectivity index (χ0n) is 17.3. The maximum absolute atomic E-state index is 13.3. The number of non-ortho nitro benzene ring substituents is 2. The Morgan fingerprint density at radius 3 is 2.06 bits per heavy atom. The summed E-state index contributed by atoms with van der Waals surface area (Å²) < 4.78 is 13.3. The third-order valence-corrected chi connectivity index (χ3v) is 4.87. The molecule has 0 aliphatic carbocycles. The third kappa shape index (κ3) is 6.52. The Morgan fingerprint density at radius 2 is 1.46 bits per heavy atom. The largest absolute Gasteiger partial charge is 0.332 e. The van der Waals surface area contributed by atoms with Gasteiger partial charge in [-0.25, -0.2) is 4.39 Å². The SMILES string of the molecule is O=C(NC(=S)Nc1cccc(C(=O)Nc2ccc(F)c(Cl)c2)c1)c1cc([N+](=O)[O-])cc([N+](=O)[O-])c1. The highest BCUT2D eigenvalue weighted by molar-refractivity contribution is 7.80. The summed E-state index contributed by atoms with van der Waals surface area (Å²) >= 11 is 10.8. The number of halogens is 2. The van der Waals surface area contributed by atoms with Gasteiger partial charge in [0.05, 0.1) is 26.5 Å². The van der Waals surface area contributed by atoms with Crippen LogP contribution in [0.15, 0.2) is 60.7 Å². The van der Waals surface area contributed by atoms with Crippen molar-refractivity contribution in [1.29, 1.82) is 0 Å². The first-order valence-corrected chi connectivity index (χ1v) is 10.2. The number of carbonyl (C=O) groups excluding carboxylic acids is 2. The molecule has 0 fully saturated rings. The average Bonchev–Trinajstić information content (AvgIpc) is 2.81. The van der Waals surface area contributed by atoms with E-state index in [1.807, 2.05) is 0 Å². The van der Waals surface area contributed by atoms with E-state index in [1.165, 1.54) is 30.3 Å². The first kappa shape index (κ1) is 25.1. The van der Waals surface area contributed by atoms with Crippen LogP contribution in [0, 0.1) is 26.0 Å². The fourth-order valence-corrected chi connectivity index (χ4v) is 3.18. The van der Waals surface area contributed by atoms with Gasteiger partial charge in [-0.1, -0.05) is 17.7 Å². The van der Waals surface area contributed by atoms with Crippen molar-refractivity contribution < 1.29 is 23.8 Å². The second kappa shape index (κ2) is 10.6. The smallest absolute Gasteiger partial charge is 0.277 e. The molecule has 3 N–H and O–H groups in total. The lowest BCUT2D eigenvalue weighted by Gasteiger charge is -2.11. The normalized spacial score (nSPS) is 10.2. The van der Waals surface area contributed by atoms with Gasteiger partial charge in [-0.3, -0.25) is 35.1 Å². The maximum Gasteiger partial charge on any atom is 0.277 e. The summed E-state index contributed by atoms with van der Waals surface area (Å²) in [7, 11) is 0.